The number of ether oxygens (including phenoxy) is 1. The zero-order valence-corrected chi connectivity index (χ0v) is 16.5. The third-order valence-electron chi connectivity index (χ3n) is 3.53. The molecule has 6 nitrogen and oxygen atoms in total. The molecule has 0 saturated heterocycles. The smallest absolute Gasteiger partial charge is 0.242 e. The van der Waals surface area contributed by atoms with Gasteiger partial charge in [-0.25, -0.2) is 8.42 Å². The minimum absolute atomic E-state index is 0.0211. The molecule has 1 amide bonds. The van der Waals surface area contributed by atoms with Gasteiger partial charge in [0.2, 0.25) is 15.9 Å². The van der Waals surface area contributed by atoms with Gasteiger partial charge in [0, 0.05) is 11.6 Å². The molecule has 0 aliphatic rings. The average molecular weight is 417 g/mol. The number of hydrogen-bond acceptors (Lipinski definition) is 4. The van der Waals surface area contributed by atoms with Gasteiger partial charge in [0.15, 0.2) is 0 Å². The lowest BCUT2D eigenvalue weighted by Crippen LogP contribution is -2.44. The van der Waals surface area contributed by atoms with Crippen molar-refractivity contribution in [1.82, 2.24) is 10.0 Å². The van der Waals surface area contributed by atoms with E-state index in [0.29, 0.717) is 5.75 Å². The van der Waals surface area contributed by atoms with Crippen molar-refractivity contribution in [3.63, 3.8) is 0 Å². The van der Waals surface area contributed by atoms with Crippen LogP contribution in [0, 0.1) is 0 Å². The van der Waals surface area contributed by atoms with Crippen molar-refractivity contribution in [2.45, 2.75) is 24.4 Å². The molecular formula is C17H18Cl2N2O4S. The van der Waals surface area contributed by atoms with Crippen LogP contribution >= 0.6 is 23.2 Å². The summed E-state index contributed by atoms with van der Waals surface area (Å²) < 4.78 is 32.2. The average Bonchev–Trinajstić information content (AvgIpc) is 2.61. The molecule has 0 unspecified atom stereocenters. The number of methoxy groups -OCH3 is 1. The molecule has 0 radical (unpaired) electrons. The second kappa shape index (κ2) is 8.73. The van der Waals surface area contributed by atoms with Crippen molar-refractivity contribution >= 4 is 39.1 Å². The number of carbonyl (C=O) groups is 1. The fraction of sp³-hybridized carbons (Fsp3) is 0.235. The summed E-state index contributed by atoms with van der Waals surface area (Å²) in [5.41, 5.74) is 0.854. The Morgan fingerprint density at radius 3 is 2.42 bits per heavy atom. The first-order valence-electron chi connectivity index (χ1n) is 7.61. The summed E-state index contributed by atoms with van der Waals surface area (Å²) in [6.07, 6.45) is 0. The highest BCUT2D eigenvalue weighted by atomic mass is 35.5. The van der Waals surface area contributed by atoms with Crippen LogP contribution in [0.5, 0.6) is 5.75 Å². The standard InChI is InChI=1S/C17H18Cl2N2O4S/c1-11(17(22)20-10-12-3-6-14(25-2)7-4-12)21-26(23,24)16-9-13(18)5-8-15(16)19/h3-9,11,21H,10H2,1-2H3,(H,20,22)/t11-/m1/s1. The molecule has 0 fully saturated rings. The molecule has 2 rings (SSSR count). The molecule has 2 aromatic carbocycles. The van der Waals surface area contributed by atoms with Gasteiger partial charge in [-0.3, -0.25) is 4.79 Å². The first-order chi connectivity index (χ1) is 12.2. The van der Waals surface area contributed by atoms with Crippen molar-refractivity contribution in [3.8, 4) is 5.75 Å². The second-order valence-electron chi connectivity index (χ2n) is 5.48. The largest absolute Gasteiger partial charge is 0.497 e. The number of benzene rings is 2. The predicted octanol–water partition coefficient (Wildman–Crippen LogP) is 2.99. The molecule has 0 bridgehead atoms. The number of carbonyl (C=O) groups excluding carboxylic acids is 1. The number of sulfonamides is 1. The van der Waals surface area contributed by atoms with Crippen LogP contribution in [0.2, 0.25) is 10.0 Å². The zero-order chi connectivity index (χ0) is 19.3. The van der Waals surface area contributed by atoms with Crippen LogP contribution in [0.1, 0.15) is 12.5 Å². The Balaban J connectivity index is 2.00. The number of rotatable bonds is 7. The van der Waals surface area contributed by atoms with E-state index >= 15 is 0 Å². The minimum atomic E-state index is -3.99. The van der Waals surface area contributed by atoms with Crippen molar-refractivity contribution in [3.05, 3.63) is 58.1 Å². The topological polar surface area (TPSA) is 84.5 Å². The molecule has 26 heavy (non-hydrogen) atoms. The van der Waals surface area contributed by atoms with Gasteiger partial charge in [0.1, 0.15) is 10.6 Å². The third-order valence-corrected chi connectivity index (χ3v) is 5.79. The van der Waals surface area contributed by atoms with E-state index in [0.717, 1.165) is 5.56 Å². The summed E-state index contributed by atoms with van der Waals surface area (Å²) in [7, 11) is -2.43. The third kappa shape index (κ3) is 5.35. The molecule has 0 saturated carbocycles. The van der Waals surface area contributed by atoms with E-state index in [1.54, 1.807) is 31.4 Å². The Bertz CT molecular complexity index is 886. The molecular weight excluding hydrogens is 399 g/mol. The van der Waals surface area contributed by atoms with Gasteiger partial charge in [-0.15, -0.1) is 0 Å². The van der Waals surface area contributed by atoms with E-state index in [1.165, 1.54) is 25.1 Å². The zero-order valence-electron chi connectivity index (χ0n) is 14.1. The number of halogens is 2. The summed E-state index contributed by atoms with van der Waals surface area (Å²) in [5.74, 6) is 0.238. The molecule has 0 heterocycles. The van der Waals surface area contributed by atoms with Gasteiger partial charge >= 0.3 is 0 Å². The van der Waals surface area contributed by atoms with Crippen LogP contribution in [-0.4, -0.2) is 27.5 Å². The van der Waals surface area contributed by atoms with E-state index < -0.39 is 22.0 Å². The lowest BCUT2D eigenvalue weighted by atomic mass is 10.2. The van der Waals surface area contributed by atoms with E-state index in [1.807, 2.05) is 0 Å². The highest BCUT2D eigenvalue weighted by Gasteiger charge is 2.24. The Morgan fingerprint density at radius 2 is 1.81 bits per heavy atom. The Kier molecular flexibility index (Phi) is 6.88. The first kappa shape index (κ1) is 20.5. The summed E-state index contributed by atoms with van der Waals surface area (Å²) in [6, 6.07) is 10.3. The SMILES string of the molecule is COc1ccc(CNC(=O)[C@@H](C)NS(=O)(=O)c2cc(Cl)ccc2Cl)cc1. The monoisotopic (exact) mass is 416 g/mol. The van der Waals surface area contributed by atoms with Gasteiger partial charge in [-0.1, -0.05) is 35.3 Å². The Morgan fingerprint density at radius 1 is 1.15 bits per heavy atom. The van der Waals surface area contributed by atoms with E-state index in [-0.39, 0.29) is 21.5 Å². The van der Waals surface area contributed by atoms with Gasteiger partial charge < -0.3 is 10.1 Å². The summed E-state index contributed by atoms with van der Waals surface area (Å²) in [6.45, 7) is 1.70. The van der Waals surface area contributed by atoms with Crippen LogP contribution in [0.4, 0.5) is 0 Å². The van der Waals surface area contributed by atoms with Crippen LogP contribution in [-0.2, 0) is 21.4 Å². The van der Waals surface area contributed by atoms with Crippen LogP contribution in [0.15, 0.2) is 47.4 Å². The highest BCUT2D eigenvalue weighted by molar-refractivity contribution is 7.89. The van der Waals surface area contributed by atoms with Crippen molar-refractivity contribution in [2.75, 3.05) is 7.11 Å². The number of hydrogen-bond donors (Lipinski definition) is 2. The van der Waals surface area contributed by atoms with Crippen LogP contribution in [0.25, 0.3) is 0 Å². The Hall–Kier alpha value is -1.80. The Labute approximate surface area is 162 Å². The molecule has 2 N–H and O–H groups in total. The van der Waals surface area contributed by atoms with E-state index in [9.17, 15) is 13.2 Å². The molecule has 0 spiro atoms. The van der Waals surface area contributed by atoms with Crippen LogP contribution in [0.3, 0.4) is 0 Å². The van der Waals surface area contributed by atoms with Crippen molar-refractivity contribution in [1.29, 1.82) is 0 Å². The molecule has 1 atom stereocenters. The fourth-order valence-electron chi connectivity index (χ4n) is 2.12. The summed E-state index contributed by atoms with van der Waals surface area (Å²) in [5, 5.41) is 2.92. The van der Waals surface area contributed by atoms with Crippen LogP contribution < -0.4 is 14.8 Å². The number of amides is 1. The maximum Gasteiger partial charge on any atom is 0.242 e. The maximum atomic E-state index is 12.4. The highest BCUT2D eigenvalue weighted by Crippen LogP contribution is 2.25. The summed E-state index contributed by atoms with van der Waals surface area (Å²) in [4.78, 5) is 12.0. The molecule has 140 valence electrons. The van der Waals surface area contributed by atoms with E-state index in [4.69, 9.17) is 27.9 Å². The predicted molar refractivity (Wildman–Crippen MR) is 101 cm³/mol. The van der Waals surface area contributed by atoms with Gasteiger partial charge in [-0.2, -0.15) is 4.72 Å². The van der Waals surface area contributed by atoms with Gasteiger partial charge in [0.05, 0.1) is 18.2 Å². The first-order valence-corrected chi connectivity index (χ1v) is 9.85. The lowest BCUT2D eigenvalue weighted by Gasteiger charge is -2.15. The molecule has 0 aliphatic heterocycles. The molecule has 2 aromatic rings. The summed E-state index contributed by atoms with van der Waals surface area (Å²) >= 11 is 11.7. The van der Waals surface area contributed by atoms with Gasteiger partial charge in [0.25, 0.3) is 0 Å². The van der Waals surface area contributed by atoms with Crippen molar-refractivity contribution in [2.24, 2.45) is 0 Å². The lowest BCUT2D eigenvalue weighted by molar-refractivity contribution is -0.122. The normalized spacial score (nSPS) is 12.5. The number of nitrogens with one attached hydrogen (secondary N) is 2. The quantitative estimate of drug-likeness (QED) is 0.726. The van der Waals surface area contributed by atoms with Gasteiger partial charge in [-0.05, 0) is 42.8 Å². The fourth-order valence-corrected chi connectivity index (χ4v) is 4.08. The maximum absolute atomic E-state index is 12.4. The molecule has 0 aromatic heterocycles. The van der Waals surface area contributed by atoms with E-state index in [2.05, 4.69) is 10.0 Å². The van der Waals surface area contributed by atoms with Crippen molar-refractivity contribution < 1.29 is 17.9 Å². The molecule has 0 aliphatic carbocycles. The second-order valence-corrected chi connectivity index (χ2v) is 8.01. The molecule has 9 heteroatoms. The minimum Gasteiger partial charge on any atom is -0.497 e.